The van der Waals surface area contributed by atoms with Gasteiger partial charge in [-0.25, -0.2) is 13.1 Å². The Morgan fingerprint density at radius 1 is 1.04 bits per heavy atom. The second-order valence-corrected chi connectivity index (χ2v) is 7.12. The van der Waals surface area contributed by atoms with Crippen molar-refractivity contribution in [2.75, 3.05) is 14.1 Å². The van der Waals surface area contributed by atoms with Gasteiger partial charge in [0.05, 0.1) is 10.9 Å². The quantitative estimate of drug-likeness (QED) is 0.914. The molecule has 2 aromatic rings. The smallest absolute Gasteiger partial charge is 0.254 e. The fraction of sp³-hybridized carbons (Fsp3) is 0.235. The van der Waals surface area contributed by atoms with Gasteiger partial charge in [-0.2, -0.15) is 0 Å². The Bertz CT molecular complexity index is 771. The third-order valence-corrected chi connectivity index (χ3v) is 5.29. The van der Waals surface area contributed by atoms with E-state index in [1.807, 2.05) is 37.3 Å². The molecule has 0 saturated carbocycles. The first-order valence-electron chi connectivity index (χ1n) is 7.22. The topological polar surface area (TPSA) is 66.5 Å². The van der Waals surface area contributed by atoms with Crippen molar-refractivity contribution in [3.8, 4) is 0 Å². The van der Waals surface area contributed by atoms with Gasteiger partial charge in [-0.05, 0) is 43.8 Å². The van der Waals surface area contributed by atoms with E-state index in [1.165, 1.54) is 31.3 Å². The Hall–Kier alpha value is -2.18. The molecular weight excluding hydrogens is 312 g/mol. The Labute approximate surface area is 137 Å². The van der Waals surface area contributed by atoms with Crippen molar-refractivity contribution in [3.05, 3.63) is 65.7 Å². The van der Waals surface area contributed by atoms with Crippen LogP contribution in [0.4, 0.5) is 0 Å². The van der Waals surface area contributed by atoms with Gasteiger partial charge in [0.25, 0.3) is 5.91 Å². The summed E-state index contributed by atoms with van der Waals surface area (Å²) < 4.78 is 25.7. The van der Waals surface area contributed by atoms with Crippen LogP contribution < -0.4 is 4.72 Å². The highest BCUT2D eigenvalue weighted by Gasteiger charge is 2.19. The Morgan fingerprint density at radius 2 is 1.61 bits per heavy atom. The predicted molar refractivity (Wildman–Crippen MR) is 89.6 cm³/mol. The van der Waals surface area contributed by atoms with Gasteiger partial charge < -0.3 is 4.90 Å². The van der Waals surface area contributed by atoms with E-state index in [-0.39, 0.29) is 16.8 Å². The summed E-state index contributed by atoms with van der Waals surface area (Å²) in [6.45, 7) is 1.95. The van der Waals surface area contributed by atoms with Crippen molar-refractivity contribution in [2.24, 2.45) is 0 Å². The Morgan fingerprint density at radius 3 is 2.13 bits per heavy atom. The van der Waals surface area contributed by atoms with Crippen LogP contribution in [0.3, 0.4) is 0 Å². The first-order valence-corrected chi connectivity index (χ1v) is 8.71. The number of carbonyl (C=O) groups is 1. The standard InChI is InChI=1S/C17H20N2O3S/c1-13(14-7-5-4-6-8-14)19(3)17(20)15-9-11-16(12-10-15)23(21,22)18-2/h4-13,18H,1-3H3. The number of sulfonamides is 1. The molecule has 0 aromatic heterocycles. The third-order valence-electron chi connectivity index (χ3n) is 3.86. The number of hydrogen-bond donors (Lipinski definition) is 1. The van der Waals surface area contributed by atoms with Crippen molar-refractivity contribution in [3.63, 3.8) is 0 Å². The number of amides is 1. The summed E-state index contributed by atoms with van der Waals surface area (Å²) in [6, 6.07) is 15.6. The van der Waals surface area contributed by atoms with E-state index in [4.69, 9.17) is 0 Å². The van der Waals surface area contributed by atoms with Gasteiger partial charge in [0.1, 0.15) is 0 Å². The average Bonchev–Trinajstić information content (AvgIpc) is 2.60. The monoisotopic (exact) mass is 332 g/mol. The molecular formula is C17H20N2O3S. The number of nitrogens with one attached hydrogen (secondary N) is 1. The minimum Gasteiger partial charge on any atom is -0.335 e. The molecule has 2 rings (SSSR count). The van der Waals surface area contributed by atoms with E-state index in [9.17, 15) is 13.2 Å². The zero-order valence-corrected chi connectivity index (χ0v) is 14.2. The van der Waals surface area contributed by atoms with Crippen molar-refractivity contribution < 1.29 is 13.2 Å². The second kappa shape index (κ2) is 6.93. The lowest BCUT2D eigenvalue weighted by Gasteiger charge is -2.25. The summed E-state index contributed by atoms with van der Waals surface area (Å²) in [5, 5.41) is 0. The van der Waals surface area contributed by atoms with Gasteiger partial charge in [0.15, 0.2) is 0 Å². The molecule has 1 atom stereocenters. The summed E-state index contributed by atoms with van der Waals surface area (Å²) >= 11 is 0. The molecule has 5 nitrogen and oxygen atoms in total. The highest BCUT2D eigenvalue weighted by molar-refractivity contribution is 7.89. The van der Waals surface area contributed by atoms with Crippen LogP contribution in [0, 0.1) is 0 Å². The molecule has 0 radical (unpaired) electrons. The van der Waals surface area contributed by atoms with Crippen LogP contribution in [0.5, 0.6) is 0 Å². The average molecular weight is 332 g/mol. The van der Waals surface area contributed by atoms with Gasteiger partial charge in [0, 0.05) is 12.6 Å². The zero-order valence-electron chi connectivity index (χ0n) is 13.4. The third kappa shape index (κ3) is 3.78. The SMILES string of the molecule is CNS(=O)(=O)c1ccc(C(=O)N(C)C(C)c2ccccc2)cc1. The molecule has 0 fully saturated rings. The summed E-state index contributed by atoms with van der Waals surface area (Å²) in [4.78, 5) is 14.3. The van der Waals surface area contributed by atoms with Gasteiger partial charge >= 0.3 is 0 Å². The lowest BCUT2D eigenvalue weighted by molar-refractivity contribution is 0.0742. The molecule has 0 bridgehead atoms. The largest absolute Gasteiger partial charge is 0.335 e. The van der Waals surface area contributed by atoms with E-state index in [0.717, 1.165) is 5.56 Å². The molecule has 2 aromatic carbocycles. The van der Waals surface area contributed by atoms with Crippen molar-refractivity contribution in [1.29, 1.82) is 0 Å². The summed E-state index contributed by atoms with van der Waals surface area (Å²) in [5.74, 6) is -0.158. The van der Waals surface area contributed by atoms with Gasteiger partial charge in [-0.15, -0.1) is 0 Å². The molecule has 0 spiro atoms. The first kappa shape index (κ1) is 17.2. The predicted octanol–water partition coefficient (Wildman–Crippen LogP) is 2.43. The molecule has 1 unspecified atom stereocenters. The van der Waals surface area contributed by atoms with Crippen LogP contribution >= 0.6 is 0 Å². The number of hydrogen-bond acceptors (Lipinski definition) is 3. The maximum absolute atomic E-state index is 12.6. The van der Waals surface area contributed by atoms with Crippen LogP contribution in [0.15, 0.2) is 59.5 Å². The summed E-state index contributed by atoms with van der Waals surface area (Å²) in [6.07, 6.45) is 0. The summed E-state index contributed by atoms with van der Waals surface area (Å²) in [5.41, 5.74) is 1.49. The fourth-order valence-electron chi connectivity index (χ4n) is 2.23. The minimum absolute atomic E-state index is 0.0792. The zero-order chi connectivity index (χ0) is 17.0. The van der Waals surface area contributed by atoms with Crippen molar-refractivity contribution in [1.82, 2.24) is 9.62 Å². The molecule has 122 valence electrons. The van der Waals surface area contributed by atoms with E-state index >= 15 is 0 Å². The van der Waals surface area contributed by atoms with Gasteiger partial charge in [-0.1, -0.05) is 30.3 Å². The molecule has 0 saturated heterocycles. The van der Waals surface area contributed by atoms with Crippen LogP contribution in [0.2, 0.25) is 0 Å². The number of nitrogens with zero attached hydrogens (tertiary/aromatic N) is 1. The first-order chi connectivity index (χ1) is 10.9. The molecule has 0 aliphatic rings. The van der Waals surface area contributed by atoms with Crippen molar-refractivity contribution >= 4 is 15.9 Å². The van der Waals surface area contributed by atoms with Crippen LogP contribution in [0.25, 0.3) is 0 Å². The van der Waals surface area contributed by atoms with E-state index in [1.54, 1.807) is 11.9 Å². The Kier molecular flexibility index (Phi) is 5.18. The van der Waals surface area contributed by atoms with E-state index in [2.05, 4.69) is 4.72 Å². The fourth-order valence-corrected chi connectivity index (χ4v) is 2.96. The van der Waals surface area contributed by atoms with Gasteiger partial charge in [-0.3, -0.25) is 4.79 Å². The lowest BCUT2D eigenvalue weighted by atomic mass is 10.1. The molecule has 1 N–H and O–H groups in total. The molecule has 6 heteroatoms. The number of rotatable bonds is 5. The maximum atomic E-state index is 12.6. The van der Waals surface area contributed by atoms with Crippen LogP contribution in [0.1, 0.15) is 28.9 Å². The van der Waals surface area contributed by atoms with E-state index in [0.29, 0.717) is 5.56 Å². The summed E-state index contributed by atoms with van der Waals surface area (Å²) in [7, 11) is -0.410. The minimum atomic E-state index is -3.50. The second-order valence-electron chi connectivity index (χ2n) is 5.23. The molecule has 0 aliphatic heterocycles. The molecule has 0 aliphatic carbocycles. The molecule has 23 heavy (non-hydrogen) atoms. The normalized spacial score (nSPS) is 12.7. The van der Waals surface area contributed by atoms with Crippen LogP contribution in [-0.2, 0) is 10.0 Å². The van der Waals surface area contributed by atoms with Gasteiger partial charge in [0.2, 0.25) is 10.0 Å². The highest BCUT2D eigenvalue weighted by Crippen LogP contribution is 2.21. The molecule has 1 amide bonds. The van der Waals surface area contributed by atoms with E-state index < -0.39 is 10.0 Å². The maximum Gasteiger partial charge on any atom is 0.254 e. The van der Waals surface area contributed by atoms with Crippen molar-refractivity contribution in [2.45, 2.75) is 17.9 Å². The van der Waals surface area contributed by atoms with Crippen LogP contribution in [-0.4, -0.2) is 33.3 Å². The molecule has 0 heterocycles. The lowest BCUT2D eigenvalue weighted by Crippen LogP contribution is -2.29. The number of carbonyl (C=O) groups excluding carboxylic acids is 1. The Balaban J connectivity index is 2.20. The number of benzene rings is 2. The highest BCUT2D eigenvalue weighted by atomic mass is 32.2.